The highest BCUT2D eigenvalue weighted by Gasteiger charge is 2.06. The molecule has 4 nitrogen and oxygen atoms in total. The second kappa shape index (κ2) is 11.9. The lowest BCUT2D eigenvalue weighted by Crippen LogP contribution is -2.41. The van der Waals surface area contributed by atoms with Crippen LogP contribution in [0, 0.1) is 6.92 Å². The first kappa shape index (κ1) is 21.4. The molecule has 0 radical (unpaired) electrons. The van der Waals surface area contributed by atoms with Gasteiger partial charge >= 0.3 is 0 Å². The van der Waals surface area contributed by atoms with Gasteiger partial charge in [-0.25, -0.2) is 4.99 Å². The number of guanidine groups is 1. The number of aliphatic hydroxyl groups excluding tert-OH is 1. The molecular weight excluding hydrogens is 425 g/mol. The summed E-state index contributed by atoms with van der Waals surface area (Å²) in [5.41, 5.74) is 3.55. The van der Waals surface area contributed by atoms with Gasteiger partial charge in [-0.05, 0) is 25.0 Å². The van der Waals surface area contributed by atoms with Crippen LogP contribution in [0.3, 0.4) is 0 Å². The lowest BCUT2D eigenvalue weighted by molar-refractivity contribution is 0.177. The third kappa shape index (κ3) is 8.36. The molecule has 2 aromatic rings. The Morgan fingerprint density at radius 1 is 1.00 bits per heavy atom. The maximum absolute atomic E-state index is 10.2. The number of aliphatic hydroxyl groups is 1. The zero-order chi connectivity index (χ0) is 17.2. The fourth-order valence-electron chi connectivity index (χ4n) is 2.38. The maximum atomic E-state index is 10.2. The molecule has 1 unspecified atom stereocenters. The van der Waals surface area contributed by atoms with Crippen molar-refractivity contribution in [1.82, 2.24) is 10.6 Å². The van der Waals surface area contributed by atoms with Crippen LogP contribution in [0.15, 0.2) is 59.6 Å². The van der Waals surface area contributed by atoms with Crippen molar-refractivity contribution in [2.45, 2.75) is 32.9 Å². The van der Waals surface area contributed by atoms with Crippen LogP contribution in [-0.2, 0) is 13.0 Å². The summed E-state index contributed by atoms with van der Waals surface area (Å²) in [4.78, 5) is 4.58. The highest BCUT2D eigenvalue weighted by Crippen LogP contribution is 2.05. The van der Waals surface area contributed by atoms with Crippen LogP contribution >= 0.6 is 24.0 Å². The molecule has 0 aromatic heterocycles. The molecule has 25 heavy (non-hydrogen) atoms. The lowest BCUT2D eigenvalue weighted by Gasteiger charge is -2.15. The fourth-order valence-corrected chi connectivity index (χ4v) is 2.38. The van der Waals surface area contributed by atoms with Crippen molar-refractivity contribution < 1.29 is 5.11 Å². The van der Waals surface area contributed by atoms with Crippen LogP contribution < -0.4 is 10.6 Å². The first-order valence-corrected chi connectivity index (χ1v) is 8.47. The Kier molecular flexibility index (Phi) is 10.2. The number of nitrogens with one attached hydrogen (secondary N) is 2. The number of hydrogen-bond acceptors (Lipinski definition) is 2. The van der Waals surface area contributed by atoms with E-state index in [0.29, 0.717) is 19.5 Å². The number of halogens is 1. The molecule has 3 N–H and O–H groups in total. The lowest BCUT2D eigenvalue weighted by atomic mass is 10.1. The van der Waals surface area contributed by atoms with E-state index in [1.165, 1.54) is 11.1 Å². The van der Waals surface area contributed by atoms with Crippen LogP contribution in [0.5, 0.6) is 0 Å². The van der Waals surface area contributed by atoms with E-state index in [2.05, 4.69) is 46.8 Å². The minimum absolute atomic E-state index is 0. The molecule has 0 aliphatic heterocycles. The normalized spacial score (nSPS) is 12.2. The highest BCUT2D eigenvalue weighted by atomic mass is 127. The molecule has 5 heteroatoms. The number of aliphatic imine (C=N–C) groups is 1. The Morgan fingerprint density at radius 3 is 2.32 bits per heavy atom. The van der Waals surface area contributed by atoms with E-state index < -0.39 is 6.10 Å². The molecule has 0 spiro atoms. The van der Waals surface area contributed by atoms with Crippen LogP contribution in [0.4, 0.5) is 0 Å². The zero-order valence-electron chi connectivity index (χ0n) is 14.9. The van der Waals surface area contributed by atoms with Crippen molar-refractivity contribution in [3.05, 3.63) is 71.3 Å². The van der Waals surface area contributed by atoms with Gasteiger partial charge in [0.25, 0.3) is 0 Å². The Hall–Kier alpha value is -1.60. The molecule has 0 amide bonds. The van der Waals surface area contributed by atoms with Gasteiger partial charge in [0.05, 0.1) is 12.6 Å². The van der Waals surface area contributed by atoms with E-state index in [4.69, 9.17) is 0 Å². The quantitative estimate of drug-likeness (QED) is 0.343. The molecule has 0 saturated carbocycles. The zero-order valence-corrected chi connectivity index (χ0v) is 17.2. The first-order valence-electron chi connectivity index (χ1n) is 8.47. The third-order valence-corrected chi connectivity index (χ3v) is 3.70. The van der Waals surface area contributed by atoms with Gasteiger partial charge in [-0.1, -0.05) is 60.2 Å². The van der Waals surface area contributed by atoms with Crippen molar-refractivity contribution in [1.29, 1.82) is 0 Å². The van der Waals surface area contributed by atoms with E-state index in [1.54, 1.807) is 0 Å². The molecule has 1 atom stereocenters. The van der Waals surface area contributed by atoms with Crippen LogP contribution in [0.25, 0.3) is 0 Å². The number of nitrogens with zero attached hydrogens (tertiary/aromatic N) is 1. The van der Waals surface area contributed by atoms with Crippen molar-refractivity contribution >= 4 is 29.9 Å². The second-order valence-corrected chi connectivity index (χ2v) is 5.91. The SMILES string of the molecule is CCNC(=NCc1ccc(C)cc1)NCC(O)Cc1ccccc1.I. The summed E-state index contributed by atoms with van der Waals surface area (Å²) < 4.78 is 0. The van der Waals surface area contributed by atoms with Gasteiger partial charge in [0.15, 0.2) is 5.96 Å². The van der Waals surface area contributed by atoms with Crippen molar-refractivity contribution in [3.8, 4) is 0 Å². The number of hydrogen-bond donors (Lipinski definition) is 3. The summed E-state index contributed by atoms with van der Waals surface area (Å²) in [5, 5.41) is 16.6. The van der Waals surface area contributed by atoms with E-state index in [0.717, 1.165) is 18.1 Å². The Labute approximate surface area is 167 Å². The van der Waals surface area contributed by atoms with Crippen molar-refractivity contribution in [3.63, 3.8) is 0 Å². The molecule has 2 aromatic carbocycles. The van der Waals surface area contributed by atoms with Gasteiger partial charge in [-0.15, -0.1) is 24.0 Å². The van der Waals surface area contributed by atoms with Crippen LogP contribution in [-0.4, -0.2) is 30.3 Å². The molecule has 0 heterocycles. The molecule has 0 bridgehead atoms. The van der Waals surface area contributed by atoms with Gasteiger partial charge in [0.1, 0.15) is 0 Å². The van der Waals surface area contributed by atoms with Gasteiger partial charge in [0, 0.05) is 19.5 Å². The minimum Gasteiger partial charge on any atom is -0.391 e. The molecule has 136 valence electrons. The van der Waals surface area contributed by atoms with Crippen LogP contribution in [0.2, 0.25) is 0 Å². The average Bonchev–Trinajstić information content (AvgIpc) is 2.59. The summed E-state index contributed by atoms with van der Waals surface area (Å²) in [5.74, 6) is 0.727. The monoisotopic (exact) mass is 453 g/mol. The van der Waals surface area contributed by atoms with E-state index in [9.17, 15) is 5.11 Å². The molecule has 0 saturated heterocycles. The summed E-state index contributed by atoms with van der Waals surface area (Å²) in [7, 11) is 0. The van der Waals surface area contributed by atoms with E-state index in [1.807, 2.05) is 37.3 Å². The molecule has 0 fully saturated rings. The number of rotatable bonds is 7. The van der Waals surface area contributed by atoms with Crippen molar-refractivity contribution in [2.24, 2.45) is 4.99 Å². The Bertz CT molecular complexity index is 629. The van der Waals surface area contributed by atoms with Gasteiger partial charge < -0.3 is 15.7 Å². The predicted octanol–water partition coefficient (Wildman–Crippen LogP) is 3.27. The van der Waals surface area contributed by atoms with E-state index >= 15 is 0 Å². The molecule has 0 aliphatic carbocycles. The fraction of sp³-hybridized carbons (Fsp3) is 0.350. The largest absolute Gasteiger partial charge is 0.391 e. The smallest absolute Gasteiger partial charge is 0.191 e. The summed E-state index contributed by atoms with van der Waals surface area (Å²) >= 11 is 0. The van der Waals surface area contributed by atoms with E-state index in [-0.39, 0.29) is 24.0 Å². The van der Waals surface area contributed by atoms with Crippen molar-refractivity contribution in [2.75, 3.05) is 13.1 Å². The van der Waals surface area contributed by atoms with Crippen LogP contribution in [0.1, 0.15) is 23.6 Å². The topological polar surface area (TPSA) is 56.7 Å². The predicted molar refractivity (Wildman–Crippen MR) is 116 cm³/mol. The number of aryl methyl sites for hydroxylation is 1. The van der Waals surface area contributed by atoms with Gasteiger partial charge in [0.2, 0.25) is 0 Å². The molecular formula is C20H28IN3O. The standard InChI is InChI=1S/C20H27N3O.HI/c1-3-21-20(22-14-18-11-9-16(2)10-12-18)23-15-19(24)13-17-7-5-4-6-8-17;/h4-12,19,24H,3,13-15H2,1-2H3,(H2,21,22,23);1H. The minimum atomic E-state index is -0.448. The summed E-state index contributed by atoms with van der Waals surface area (Å²) in [6, 6.07) is 18.4. The Morgan fingerprint density at radius 2 is 1.68 bits per heavy atom. The number of benzene rings is 2. The second-order valence-electron chi connectivity index (χ2n) is 5.91. The summed E-state index contributed by atoms with van der Waals surface area (Å²) in [6.45, 7) is 5.98. The molecule has 2 rings (SSSR count). The third-order valence-electron chi connectivity index (χ3n) is 3.70. The first-order chi connectivity index (χ1) is 11.7. The molecule has 0 aliphatic rings. The average molecular weight is 453 g/mol. The van der Waals surface area contributed by atoms with Gasteiger partial charge in [-0.2, -0.15) is 0 Å². The highest BCUT2D eigenvalue weighted by molar-refractivity contribution is 14.0. The Balaban J connectivity index is 0.00000312. The summed E-state index contributed by atoms with van der Waals surface area (Å²) in [6.07, 6.45) is 0.182. The maximum Gasteiger partial charge on any atom is 0.191 e. The van der Waals surface area contributed by atoms with Gasteiger partial charge in [-0.3, -0.25) is 0 Å².